The highest BCUT2D eigenvalue weighted by molar-refractivity contribution is 7.98. The third kappa shape index (κ3) is 5.01. The zero-order chi connectivity index (χ0) is 27.0. The lowest BCUT2D eigenvalue weighted by molar-refractivity contribution is -0.121. The van der Waals surface area contributed by atoms with Crippen molar-refractivity contribution in [2.45, 2.75) is 69.6 Å². The van der Waals surface area contributed by atoms with Gasteiger partial charge in [0.1, 0.15) is 0 Å². The number of nitrogens with zero attached hydrogens (tertiary/aromatic N) is 2. The molecule has 5 rings (SSSR count). The largest absolute Gasteiger partial charge is 0.448 e. The SMILES string of the molecule is CSc1cc(C)[nH]c(=O)c1CNC(=O)c1cc(Cl)c2c(c1C)OC(C)(C1CCC(c3cnccn3)CC1)O2. The summed E-state index contributed by atoms with van der Waals surface area (Å²) in [5, 5.41) is 3.20. The number of H-pyrrole nitrogens is 1. The zero-order valence-corrected chi connectivity index (χ0v) is 23.5. The van der Waals surface area contributed by atoms with Crippen molar-refractivity contribution in [1.29, 1.82) is 0 Å². The second kappa shape index (κ2) is 10.6. The number of aromatic amines is 1. The summed E-state index contributed by atoms with van der Waals surface area (Å²) in [5.74, 6) is 0.301. The van der Waals surface area contributed by atoms with Crippen LogP contribution in [-0.2, 0) is 6.54 Å². The van der Waals surface area contributed by atoms with Crippen LogP contribution in [0, 0.1) is 19.8 Å². The number of thioether (sulfide) groups is 1. The van der Waals surface area contributed by atoms with E-state index in [1.165, 1.54) is 11.8 Å². The topological polar surface area (TPSA) is 106 Å². The van der Waals surface area contributed by atoms with Gasteiger partial charge in [-0.1, -0.05) is 11.6 Å². The van der Waals surface area contributed by atoms with Crippen LogP contribution in [0.1, 0.15) is 71.4 Å². The molecule has 3 heterocycles. The van der Waals surface area contributed by atoms with E-state index in [1.54, 1.807) is 18.5 Å². The molecule has 1 saturated carbocycles. The Labute approximate surface area is 230 Å². The Morgan fingerprint density at radius 2 is 1.92 bits per heavy atom. The first-order valence-electron chi connectivity index (χ1n) is 12.7. The van der Waals surface area contributed by atoms with E-state index in [9.17, 15) is 9.59 Å². The van der Waals surface area contributed by atoms with Crippen molar-refractivity contribution < 1.29 is 14.3 Å². The predicted octanol–water partition coefficient (Wildman–Crippen LogP) is 5.55. The second-order valence-electron chi connectivity index (χ2n) is 10.1. The summed E-state index contributed by atoms with van der Waals surface area (Å²) >= 11 is 8.08. The standard InChI is InChI=1S/C28H31ClN4O4S/c1-15-11-23(38-4)20(27(35)33-15)13-32-26(34)19-12-21(29)25-24(16(19)2)36-28(3,37-25)18-7-5-17(6-8-18)22-14-30-9-10-31-22/h9-12,14,17-18H,5-8,13H2,1-4H3,(H,32,34)(H,33,35). The molecule has 200 valence electrons. The lowest BCUT2D eigenvalue weighted by Crippen LogP contribution is -2.44. The maximum atomic E-state index is 13.2. The Balaban J connectivity index is 1.31. The number of aromatic nitrogens is 3. The van der Waals surface area contributed by atoms with E-state index in [4.69, 9.17) is 21.1 Å². The van der Waals surface area contributed by atoms with Gasteiger partial charge in [0.05, 0.1) is 10.7 Å². The summed E-state index contributed by atoms with van der Waals surface area (Å²) in [6.07, 6.45) is 11.0. The van der Waals surface area contributed by atoms with Crippen molar-refractivity contribution in [2.75, 3.05) is 6.26 Å². The lowest BCUT2D eigenvalue weighted by atomic mass is 9.77. The molecule has 0 radical (unpaired) electrons. The molecule has 2 aromatic heterocycles. The number of hydrogen-bond donors (Lipinski definition) is 2. The van der Waals surface area contributed by atoms with Crippen LogP contribution in [0.3, 0.4) is 0 Å². The highest BCUT2D eigenvalue weighted by Crippen LogP contribution is 2.52. The van der Waals surface area contributed by atoms with Gasteiger partial charge in [-0.2, -0.15) is 0 Å². The van der Waals surface area contributed by atoms with Gasteiger partial charge in [-0.25, -0.2) is 0 Å². The molecule has 1 amide bonds. The highest BCUT2D eigenvalue weighted by Gasteiger charge is 2.47. The minimum absolute atomic E-state index is 0.100. The summed E-state index contributed by atoms with van der Waals surface area (Å²) < 4.78 is 12.8. The van der Waals surface area contributed by atoms with E-state index < -0.39 is 5.79 Å². The van der Waals surface area contributed by atoms with Gasteiger partial charge in [0, 0.05) is 71.2 Å². The number of pyridine rings is 1. The Morgan fingerprint density at radius 1 is 1.18 bits per heavy atom. The third-order valence-corrected chi connectivity index (χ3v) is 8.72. The molecule has 3 aromatic rings. The molecule has 8 nitrogen and oxygen atoms in total. The van der Waals surface area contributed by atoms with Gasteiger partial charge in [0.15, 0.2) is 11.5 Å². The minimum atomic E-state index is -0.873. The molecule has 10 heteroatoms. The summed E-state index contributed by atoms with van der Waals surface area (Å²) in [5.41, 5.74) is 3.16. The van der Waals surface area contributed by atoms with E-state index in [2.05, 4.69) is 20.3 Å². The van der Waals surface area contributed by atoms with Crippen LogP contribution in [-0.4, -0.2) is 32.9 Å². The number of carbonyl (C=O) groups is 1. The molecule has 1 aliphatic heterocycles. The number of aryl methyl sites for hydroxylation is 1. The van der Waals surface area contributed by atoms with Crippen LogP contribution in [0.5, 0.6) is 11.5 Å². The zero-order valence-electron chi connectivity index (χ0n) is 21.9. The fraction of sp³-hybridized carbons (Fsp3) is 0.429. The van der Waals surface area contributed by atoms with Crippen LogP contribution in [0.15, 0.2) is 40.4 Å². The van der Waals surface area contributed by atoms with Crippen LogP contribution in [0.2, 0.25) is 5.02 Å². The summed E-state index contributed by atoms with van der Waals surface area (Å²) in [7, 11) is 0. The van der Waals surface area contributed by atoms with Gasteiger partial charge in [0.25, 0.3) is 17.3 Å². The van der Waals surface area contributed by atoms with Crippen molar-refractivity contribution in [3.63, 3.8) is 0 Å². The maximum Gasteiger partial charge on any atom is 0.254 e. The van der Waals surface area contributed by atoms with Crippen molar-refractivity contribution in [3.05, 3.63) is 74.2 Å². The first-order valence-corrected chi connectivity index (χ1v) is 14.3. The number of hydrogen-bond acceptors (Lipinski definition) is 7. The average Bonchev–Trinajstić information content (AvgIpc) is 3.30. The molecule has 1 aliphatic carbocycles. The molecule has 2 N–H and O–H groups in total. The van der Waals surface area contributed by atoms with Crippen molar-refractivity contribution in [1.82, 2.24) is 20.3 Å². The molecular formula is C28H31ClN4O4S. The van der Waals surface area contributed by atoms with E-state index in [-0.39, 0.29) is 23.9 Å². The molecule has 1 unspecified atom stereocenters. The van der Waals surface area contributed by atoms with Gasteiger partial charge in [-0.05, 0) is 57.9 Å². The Bertz CT molecular complexity index is 1420. The Morgan fingerprint density at radius 3 is 2.61 bits per heavy atom. The Hall–Kier alpha value is -3.04. The number of amides is 1. The molecule has 38 heavy (non-hydrogen) atoms. The van der Waals surface area contributed by atoms with Gasteiger partial charge in [-0.3, -0.25) is 19.6 Å². The second-order valence-corrected chi connectivity index (χ2v) is 11.4. The molecule has 1 atom stereocenters. The first-order chi connectivity index (χ1) is 18.2. The number of rotatable bonds is 6. The molecule has 1 aromatic carbocycles. The van der Waals surface area contributed by atoms with Gasteiger partial charge in [-0.15, -0.1) is 11.8 Å². The quantitative estimate of drug-likeness (QED) is 0.385. The molecule has 0 bridgehead atoms. The maximum absolute atomic E-state index is 13.2. The lowest BCUT2D eigenvalue weighted by Gasteiger charge is -2.37. The van der Waals surface area contributed by atoms with Crippen molar-refractivity contribution in [2.24, 2.45) is 5.92 Å². The van der Waals surface area contributed by atoms with Crippen LogP contribution < -0.4 is 20.3 Å². The highest BCUT2D eigenvalue weighted by atomic mass is 35.5. The van der Waals surface area contributed by atoms with E-state index in [1.807, 2.05) is 39.3 Å². The number of nitrogens with one attached hydrogen (secondary N) is 2. The normalized spacial score (nSPS) is 22.3. The van der Waals surface area contributed by atoms with E-state index in [0.29, 0.717) is 39.1 Å². The van der Waals surface area contributed by atoms with Crippen LogP contribution >= 0.6 is 23.4 Å². The smallest absolute Gasteiger partial charge is 0.254 e. The molecule has 2 aliphatic rings. The fourth-order valence-corrected chi connectivity index (χ4v) is 6.42. The fourth-order valence-electron chi connectivity index (χ4n) is 5.48. The summed E-state index contributed by atoms with van der Waals surface area (Å²) in [6.45, 7) is 5.71. The monoisotopic (exact) mass is 554 g/mol. The van der Waals surface area contributed by atoms with Gasteiger partial charge in [0.2, 0.25) is 0 Å². The minimum Gasteiger partial charge on any atom is -0.448 e. The predicted molar refractivity (Wildman–Crippen MR) is 147 cm³/mol. The number of halogens is 1. The van der Waals surface area contributed by atoms with E-state index in [0.717, 1.165) is 42.0 Å². The molecule has 0 saturated heterocycles. The van der Waals surface area contributed by atoms with Crippen LogP contribution in [0.4, 0.5) is 0 Å². The van der Waals surface area contributed by atoms with Gasteiger partial charge >= 0.3 is 0 Å². The van der Waals surface area contributed by atoms with Crippen LogP contribution in [0.25, 0.3) is 0 Å². The number of carbonyl (C=O) groups excluding carboxylic acids is 1. The molecular weight excluding hydrogens is 524 g/mol. The first kappa shape index (κ1) is 26.6. The molecule has 1 fully saturated rings. The number of ether oxygens (including phenoxy) is 2. The van der Waals surface area contributed by atoms with Crippen molar-refractivity contribution in [3.8, 4) is 11.5 Å². The average molecular weight is 555 g/mol. The third-order valence-electron chi connectivity index (χ3n) is 7.64. The summed E-state index contributed by atoms with van der Waals surface area (Å²) in [4.78, 5) is 38.0. The van der Waals surface area contributed by atoms with Crippen molar-refractivity contribution >= 4 is 29.3 Å². The van der Waals surface area contributed by atoms with E-state index >= 15 is 0 Å². The van der Waals surface area contributed by atoms with Gasteiger partial charge < -0.3 is 19.8 Å². The Kier molecular flexibility index (Phi) is 7.42. The summed E-state index contributed by atoms with van der Waals surface area (Å²) in [6, 6.07) is 3.51. The number of fused-ring (bicyclic) bond motifs is 1. The number of benzene rings is 1. The molecule has 0 spiro atoms.